The number of carbonyl (C=O) groups excluding carboxylic acids is 2. The summed E-state index contributed by atoms with van der Waals surface area (Å²) >= 11 is 0. The van der Waals surface area contributed by atoms with E-state index < -0.39 is 21.6 Å². The number of ketones is 2. The molecule has 90 valence electrons. The fourth-order valence-electron chi connectivity index (χ4n) is 1.82. The number of carbonyl (C=O) groups is 2. The molecule has 0 saturated heterocycles. The van der Waals surface area contributed by atoms with Crippen LogP contribution < -0.4 is 0 Å². The standard InChI is InChI=1S/C10H10N2O4S/c1-5-4-7(13)10(14)8-6(2)11-12(9(5)8)17(3,15)16/h4H,1-3H3. The van der Waals surface area contributed by atoms with Gasteiger partial charge in [-0.15, -0.1) is 0 Å². The molecule has 1 aromatic heterocycles. The van der Waals surface area contributed by atoms with Crippen LogP contribution in [-0.2, 0) is 14.8 Å². The maximum atomic E-state index is 11.7. The van der Waals surface area contributed by atoms with Crippen molar-refractivity contribution in [3.8, 4) is 0 Å². The van der Waals surface area contributed by atoms with Gasteiger partial charge in [0.15, 0.2) is 0 Å². The zero-order valence-corrected chi connectivity index (χ0v) is 10.3. The van der Waals surface area contributed by atoms with E-state index in [0.29, 0.717) is 5.57 Å². The van der Waals surface area contributed by atoms with Crippen LogP contribution in [0.25, 0.3) is 5.57 Å². The highest BCUT2D eigenvalue weighted by atomic mass is 32.2. The normalized spacial score (nSPS) is 15.8. The van der Waals surface area contributed by atoms with Crippen LogP contribution in [0.2, 0.25) is 0 Å². The van der Waals surface area contributed by atoms with Crippen LogP contribution >= 0.6 is 0 Å². The largest absolute Gasteiger partial charge is 0.286 e. The van der Waals surface area contributed by atoms with E-state index in [-0.39, 0.29) is 17.0 Å². The summed E-state index contributed by atoms with van der Waals surface area (Å²) in [5, 5.41) is 3.81. The van der Waals surface area contributed by atoms with Crippen LogP contribution in [-0.4, -0.2) is 35.4 Å². The molecule has 0 spiro atoms. The first-order chi connectivity index (χ1) is 7.73. The molecule has 0 radical (unpaired) electrons. The second-order valence-electron chi connectivity index (χ2n) is 3.94. The minimum Gasteiger partial charge on any atom is -0.286 e. The Balaban J connectivity index is 2.89. The summed E-state index contributed by atoms with van der Waals surface area (Å²) < 4.78 is 23.9. The Bertz CT molecular complexity index is 679. The third-order valence-electron chi connectivity index (χ3n) is 2.52. The monoisotopic (exact) mass is 254 g/mol. The van der Waals surface area contributed by atoms with Crippen LogP contribution in [0, 0.1) is 6.92 Å². The van der Waals surface area contributed by atoms with E-state index in [9.17, 15) is 18.0 Å². The Kier molecular flexibility index (Phi) is 2.32. The predicted molar refractivity (Wildman–Crippen MR) is 60.2 cm³/mol. The van der Waals surface area contributed by atoms with E-state index >= 15 is 0 Å². The molecule has 0 atom stereocenters. The molecular weight excluding hydrogens is 244 g/mol. The van der Waals surface area contributed by atoms with Gasteiger partial charge in [0.2, 0.25) is 11.6 Å². The summed E-state index contributed by atoms with van der Waals surface area (Å²) in [6, 6.07) is 0. The van der Waals surface area contributed by atoms with E-state index in [1.807, 2.05) is 0 Å². The molecule has 0 fully saturated rings. The van der Waals surface area contributed by atoms with Crippen molar-refractivity contribution in [1.29, 1.82) is 0 Å². The molecule has 0 aliphatic heterocycles. The maximum absolute atomic E-state index is 11.7. The van der Waals surface area contributed by atoms with Crippen LogP contribution in [0.15, 0.2) is 6.08 Å². The topological polar surface area (TPSA) is 86.1 Å². The minimum absolute atomic E-state index is 0.0837. The summed E-state index contributed by atoms with van der Waals surface area (Å²) in [7, 11) is -3.60. The van der Waals surface area contributed by atoms with Gasteiger partial charge in [0.1, 0.15) is 0 Å². The van der Waals surface area contributed by atoms with Crippen LogP contribution in [0.1, 0.15) is 28.7 Å². The van der Waals surface area contributed by atoms with Crippen LogP contribution in [0.4, 0.5) is 0 Å². The van der Waals surface area contributed by atoms with Gasteiger partial charge in [-0.3, -0.25) is 9.59 Å². The summed E-state index contributed by atoms with van der Waals surface area (Å²) in [6.07, 6.45) is 2.13. The second kappa shape index (κ2) is 3.36. The third-order valence-corrected chi connectivity index (χ3v) is 3.41. The number of nitrogens with zero attached hydrogens (tertiary/aromatic N) is 2. The molecule has 0 bridgehead atoms. The van der Waals surface area contributed by atoms with Gasteiger partial charge in [-0.2, -0.15) is 9.19 Å². The lowest BCUT2D eigenvalue weighted by atomic mass is 9.94. The van der Waals surface area contributed by atoms with Crippen molar-refractivity contribution in [1.82, 2.24) is 9.19 Å². The van der Waals surface area contributed by atoms with Crippen molar-refractivity contribution < 1.29 is 18.0 Å². The van der Waals surface area contributed by atoms with Crippen molar-refractivity contribution in [2.75, 3.05) is 6.26 Å². The Morgan fingerprint density at radius 2 is 1.82 bits per heavy atom. The Morgan fingerprint density at radius 1 is 1.24 bits per heavy atom. The first kappa shape index (κ1) is 11.7. The van der Waals surface area contributed by atoms with E-state index in [1.165, 1.54) is 6.92 Å². The van der Waals surface area contributed by atoms with E-state index in [0.717, 1.165) is 16.4 Å². The van der Waals surface area contributed by atoms with Gasteiger partial charge in [-0.05, 0) is 25.5 Å². The molecule has 1 aromatic rings. The van der Waals surface area contributed by atoms with Gasteiger partial charge in [0.05, 0.1) is 23.2 Å². The maximum Gasteiger partial charge on any atom is 0.251 e. The molecule has 1 aliphatic carbocycles. The number of fused-ring (bicyclic) bond motifs is 1. The highest BCUT2D eigenvalue weighted by Crippen LogP contribution is 2.27. The lowest BCUT2D eigenvalue weighted by molar-refractivity contribution is -0.111. The zero-order chi connectivity index (χ0) is 13.0. The molecule has 0 N–H and O–H groups in total. The number of hydrogen-bond acceptors (Lipinski definition) is 5. The SMILES string of the molecule is CC1=CC(=O)C(=O)c2c(C)nn(S(C)(=O)=O)c21. The fraction of sp³-hybridized carbons (Fsp3) is 0.300. The molecule has 17 heavy (non-hydrogen) atoms. The van der Waals surface area contributed by atoms with E-state index in [2.05, 4.69) is 5.10 Å². The lowest BCUT2D eigenvalue weighted by Gasteiger charge is -2.10. The van der Waals surface area contributed by atoms with Gasteiger partial charge >= 0.3 is 0 Å². The number of Topliss-reactive ketones (excluding diaryl/α,β-unsaturated/α-hetero) is 1. The second-order valence-corrected chi connectivity index (χ2v) is 5.75. The van der Waals surface area contributed by atoms with Crippen molar-refractivity contribution in [2.24, 2.45) is 0 Å². The van der Waals surface area contributed by atoms with Crippen molar-refractivity contribution in [3.63, 3.8) is 0 Å². The third kappa shape index (κ3) is 1.62. The fourth-order valence-corrected chi connectivity index (χ4v) is 2.65. The molecule has 1 aliphatic rings. The molecule has 7 heteroatoms. The van der Waals surface area contributed by atoms with Gasteiger partial charge in [0.25, 0.3) is 10.0 Å². The first-order valence-corrected chi connectivity index (χ1v) is 6.66. The summed E-state index contributed by atoms with van der Waals surface area (Å²) in [6.45, 7) is 3.08. The highest BCUT2D eigenvalue weighted by molar-refractivity contribution is 7.89. The van der Waals surface area contributed by atoms with Gasteiger partial charge < -0.3 is 0 Å². The number of aromatic nitrogens is 2. The lowest BCUT2D eigenvalue weighted by Crippen LogP contribution is -2.21. The average Bonchev–Trinajstić information content (AvgIpc) is 2.53. The minimum atomic E-state index is -3.60. The molecule has 6 nitrogen and oxygen atoms in total. The Hall–Kier alpha value is -1.76. The van der Waals surface area contributed by atoms with Crippen LogP contribution in [0.3, 0.4) is 0 Å². The van der Waals surface area contributed by atoms with E-state index in [4.69, 9.17) is 0 Å². The average molecular weight is 254 g/mol. The van der Waals surface area contributed by atoms with Crippen molar-refractivity contribution >= 4 is 27.2 Å². The van der Waals surface area contributed by atoms with Gasteiger partial charge in [-0.25, -0.2) is 8.42 Å². The molecular formula is C10H10N2O4S. The quantitative estimate of drug-likeness (QED) is 0.667. The predicted octanol–water partition coefficient (Wildman–Crippen LogP) is 0.168. The summed E-state index contributed by atoms with van der Waals surface area (Å²) in [4.78, 5) is 23.0. The smallest absolute Gasteiger partial charge is 0.251 e. The molecule has 0 unspecified atom stereocenters. The van der Waals surface area contributed by atoms with Crippen molar-refractivity contribution in [2.45, 2.75) is 13.8 Å². The Labute approximate surface area is 98.0 Å². The van der Waals surface area contributed by atoms with Crippen molar-refractivity contribution in [3.05, 3.63) is 23.0 Å². The molecule has 0 amide bonds. The zero-order valence-electron chi connectivity index (χ0n) is 9.51. The molecule has 1 heterocycles. The number of allylic oxidation sites excluding steroid dienone is 2. The number of hydrogen-bond donors (Lipinski definition) is 0. The number of aryl methyl sites for hydroxylation is 1. The molecule has 0 aromatic carbocycles. The highest BCUT2D eigenvalue weighted by Gasteiger charge is 2.32. The van der Waals surface area contributed by atoms with Gasteiger partial charge in [0, 0.05) is 0 Å². The molecule has 2 rings (SSSR count). The Morgan fingerprint density at radius 3 is 2.35 bits per heavy atom. The number of rotatable bonds is 1. The van der Waals surface area contributed by atoms with Gasteiger partial charge in [-0.1, -0.05) is 0 Å². The molecule has 0 saturated carbocycles. The summed E-state index contributed by atoms with van der Waals surface area (Å²) in [5.41, 5.74) is 0.946. The summed E-state index contributed by atoms with van der Waals surface area (Å²) in [5.74, 6) is -1.36. The van der Waals surface area contributed by atoms with E-state index in [1.54, 1.807) is 6.92 Å². The first-order valence-electron chi connectivity index (χ1n) is 4.81. The van der Waals surface area contributed by atoms with Crippen LogP contribution in [0.5, 0.6) is 0 Å².